The van der Waals surface area contributed by atoms with Gasteiger partial charge in [-0.1, -0.05) is 11.6 Å². The lowest BCUT2D eigenvalue weighted by atomic mass is 10.3. The summed E-state index contributed by atoms with van der Waals surface area (Å²) >= 11 is 7.58. The van der Waals surface area contributed by atoms with Gasteiger partial charge in [0.15, 0.2) is 16.7 Å². The average Bonchev–Trinajstić information content (AvgIpc) is 2.76. The Balaban J connectivity index is 2.21. The number of methoxy groups -OCH3 is 1. The number of ether oxygens (including phenoxy) is 1. The van der Waals surface area contributed by atoms with E-state index in [1.54, 1.807) is 11.3 Å². The van der Waals surface area contributed by atoms with Crippen molar-refractivity contribution in [2.75, 3.05) is 12.4 Å². The molecular weight excluding hydrogens is 272 g/mol. The second-order valence-electron chi connectivity index (χ2n) is 3.72. The molecule has 96 valence electrons. The van der Waals surface area contributed by atoms with Crippen molar-refractivity contribution in [3.05, 3.63) is 27.6 Å². The largest absolute Gasteiger partial charge is 0.490 e. The topological polar surface area (TPSA) is 59.9 Å². The molecule has 2 aromatic heterocycles. The molecule has 1 atom stereocenters. The minimum Gasteiger partial charge on any atom is -0.490 e. The van der Waals surface area contributed by atoms with Gasteiger partial charge in [-0.2, -0.15) is 0 Å². The monoisotopic (exact) mass is 284 g/mol. The Morgan fingerprint density at radius 1 is 1.39 bits per heavy atom. The van der Waals surface area contributed by atoms with Gasteiger partial charge < -0.3 is 10.1 Å². The first-order chi connectivity index (χ1) is 8.61. The summed E-state index contributed by atoms with van der Waals surface area (Å²) < 4.78 is 5.18. The van der Waals surface area contributed by atoms with Gasteiger partial charge in [-0.15, -0.1) is 11.3 Å². The third kappa shape index (κ3) is 2.70. The molecule has 0 aliphatic carbocycles. The van der Waals surface area contributed by atoms with Gasteiger partial charge in [0.1, 0.15) is 11.3 Å². The van der Waals surface area contributed by atoms with Gasteiger partial charge in [-0.05, 0) is 13.8 Å². The van der Waals surface area contributed by atoms with Crippen molar-refractivity contribution in [1.82, 2.24) is 15.0 Å². The highest BCUT2D eigenvalue weighted by Crippen LogP contribution is 2.31. The fourth-order valence-electron chi connectivity index (χ4n) is 1.48. The highest BCUT2D eigenvalue weighted by Gasteiger charge is 2.15. The molecule has 2 rings (SSSR count). The molecule has 0 saturated carbocycles. The Hall–Kier alpha value is -1.40. The van der Waals surface area contributed by atoms with Crippen LogP contribution in [0.25, 0.3) is 0 Å². The molecular formula is C11H13ClN4OS. The van der Waals surface area contributed by atoms with Crippen LogP contribution in [0.15, 0.2) is 12.5 Å². The first kappa shape index (κ1) is 13.0. The van der Waals surface area contributed by atoms with Crippen LogP contribution in [0.2, 0.25) is 5.15 Å². The van der Waals surface area contributed by atoms with E-state index in [2.05, 4.69) is 20.3 Å². The van der Waals surface area contributed by atoms with Crippen molar-refractivity contribution < 1.29 is 4.74 Å². The van der Waals surface area contributed by atoms with Crippen molar-refractivity contribution in [3.63, 3.8) is 0 Å². The molecule has 0 fully saturated rings. The van der Waals surface area contributed by atoms with E-state index in [1.165, 1.54) is 18.3 Å². The Morgan fingerprint density at radius 3 is 2.78 bits per heavy atom. The second-order valence-corrected chi connectivity index (χ2v) is 5.35. The Labute approximate surface area is 114 Å². The molecule has 0 spiro atoms. The van der Waals surface area contributed by atoms with Crippen LogP contribution < -0.4 is 10.1 Å². The van der Waals surface area contributed by atoms with Gasteiger partial charge in [0, 0.05) is 11.1 Å². The number of halogens is 1. The molecule has 0 aliphatic heterocycles. The van der Waals surface area contributed by atoms with Crippen LogP contribution in [0.4, 0.5) is 5.82 Å². The molecule has 0 bridgehead atoms. The molecule has 18 heavy (non-hydrogen) atoms. The lowest BCUT2D eigenvalue weighted by Gasteiger charge is -2.14. The van der Waals surface area contributed by atoms with E-state index in [1.807, 2.05) is 20.0 Å². The van der Waals surface area contributed by atoms with Gasteiger partial charge >= 0.3 is 0 Å². The van der Waals surface area contributed by atoms with Crippen LogP contribution in [0, 0.1) is 6.92 Å². The highest BCUT2D eigenvalue weighted by molar-refractivity contribution is 7.11. The number of aryl methyl sites for hydroxylation is 1. The molecule has 0 aromatic carbocycles. The molecule has 1 unspecified atom stereocenters. The predicted octanol–water partition coefficient (Wildman–Crippen LogP) is 3.08. The maximum Gasteiger partial charge on any atom is 0.198 e. The maximum absolute atomic E-state index is 5.93. The van der Waals surface area contributed by atoms with Crippen molar-refractivity contribution in [2.45, 2.75) is 19.9 Å². The zero-order chi connectivity index (χ0) is 13.1. The molecule has 0 amide bonds. The second kappa shape index (κ2) is 5.49. The Bertz CT molecular complexity index is 546. The third-order valence-corrected chi connectivity index (χ3v) is 3.69. The fourth-order valence-corrected chi connectivity index (χ4v) is 2.46. The standard InChI is InChI=1S/C11H13ClN4OS/c1-6-4-13-11(18-6)7(2)16-10-8(17-3)9(12)14-5-15-10/h4-5,7H,1-3H3,(H,14,15,16). The zero-order valence-corrected chi connectivity index (χ0v) is 11.8. The molecule has 7 heteroatoms. The first-order valence-corrected chi connectivity index (χ1v) is 6.54. The van der Waals surface area contributed by atoms with E-state index in [-0.39, 0.29) is 11.2 Å². The Morgan fingerprint density at radius 2 is 2.17 bits per heavy atom. The number of anilines is 1. The van der Waals surface area contributed by atoms with E-state index >= 15 is 0 Å². The average molecular weight is 285 g/mol. The smallest absolute Gasteiger partial charge is 0.198 e. The lowest BCUT2D eigenvalue weighted by molar-refractivity contribution is 0.412. The minimum atomic E-state index is 0.0311. The van der Waals surface area contributed by atoms with Crippen molar-refractivity contribution in [1.29, 1.82) is 0 Å². The van der Waals surface area contributed by atoms with Gasteiger partial charge in [0.2, 0.25) is 0 Å². The van der Waals surface area contributed by atoms with Crippen LogP contribution in [-0.2, 0) is 0 Å². The van der Waals surface area contributed by atoms with E-state index < -0.39 is 0 Å². The van der Waals surface area contributed by atoms with Gasteiger partial charge in [0.05, 0.1) is 13.2 Å². The van der Waals surface area contributed by atoms with Gasteiger partial charge in [0.25, 0.3) is 0 Å². The normalized spacial score (nSPS) is 12.2. The lowest BCUT2D eigenvalue weighted by Crippen LogP contribution is -2.09. The molecule has 0 radical (unpaired) electrons. The van der Waals surface area contributed by atoms with Crippen molar-refractivity contribution >= 4 is 28.8 Å². The van der Waals surface area contributed by atoms with Crippen LogP contribution >= 0.6 is 22.9 Å². The summed E-state index contributed by atoms with van der Waals surface area (Å²) in [5.41, 5.74) is 0. The molecule has 2 heterocycles. The predicted molar refractivity (Wildman–Crippen MR) is 72.5 cm³/mol. The zero-order valence-electron chi connectivity index (χ0n) is 10.3. The molecule has 1 N–H and O–H groups in total. The number of aromatic nitrogens is 3. The number of hydrogen-bond acceptors (Lipinski definition) is 6. The van der Waals surface area contributed by atoms with Crippen LogP contribution in [0.3, 0.4) is 0 Å². The summed E-state index contributed by atoms with van der Waals surface area (Å²) in [7, 11) is 1.54. The summed E-state index contributed by atoms with van der Waals surface area (Å²) in [5, 5.41) is 4.50. The number of nitrogens with zero attached hydrogens (tertiary/aromatic N) is 3. The number of hydrogen-bond donors (Lipinski definition) is 1. The number of nitrogens with one attached hydrogen (secondary N) is 1. The first-order valence-electron chi connectivity index (χ1n) is 5.35. The molecule has 0 saturated heterocycles. The van der Waals surface area contributed by atoms with Crippen molar-refractivity contribution in [2.24, 2.45) is 0 Å². The summed E-state index contributed by atoms with van der Waals surface area (Å²) in [4.78, 5) is 13.5. The third-order valence-electron chi connectivity index (χ3n) is 2.33. The van der Waals surface area contributed by atoms with Crippen molar-refractivity contribution in [3.8, 4) is 5.75 Å². The van der Waals surface area contributed by atoms with Crippen LogP contribution in [0.1, 0.15) is 22.9 Å². The van der Waals surface area contributed by atoms with Crippen LogP contribution in [0.5, 0.6) is 5.75 Å². The van der Waals surface area contributed by atoms with E-state index in [9.17, 15) is 0 Å². The summed E-state index contributed by atoms with van der Waals surface area (Å²) in [6.45, 7) is 4.03. The Kier molecular flexibility index (Phi) is 3.98. The van der Waals surface area contributed by atoms with Gasteiger partial charge in [-0.25, -0.2) is 15.0 Å². The maximum atomic E-state index is 5.93. The summed E-state index contributed by atoms with van der Waals surface area (Å²) in [5.74, 6) is 1.01. The fraction of sp³-hybridized carbons (Fsp3) is 0.364. The van der Waals surface area contributed by atoms with Crippen LogP contribution in [-0.4, -0.2) is 22.1 Å². The summed E-state index contributed by atoms with van der Waals surface area (Å²) in [6.07, 6.45) is 3.25. The number of thiazole rings is 1. The highest BCUT2D eigenvalue weighted by atomic mass is 35.5. The summed E-state index contributed by atoms with van der Waals surface area (Å²) in [6, 6.07) is 0.0311. The molecule has 2 aromatic rings. The van der Waals surface area contributed by atoms with E-state index in [0.717, 1.165) is 5.01 Å². The quantitative estimate of drug-likeness (QED) is 0.874. The minimum absolute atomic E-state index is 0.0311. The molecule has 0 aliphatic rings. The van der Waals surface area contributed by atoms with Gasteiger partial charge in [-0.3, -0.25) is 0 Å². The van der Waals surface area contributed by atoms with E-state index in [4.69, 9.17) is 16.3 Å². The SMILES string of the molecule is COc1c(Cl)ncnc1NC(C)c1ncc(C)s1. The number of rotatable bonds is 4. The molecule has 5 nitrogen and oxygen atoms in total. The van der Waals surface area contributed by atoms with E-state index in [0.29, 0.717) is 11.6 Å².